The fourth-order valence-electron chi connectivity index (χ4n) is 5.17. The van der Waals surface area contributed by atoms with E-state index < -0.39 is 47.5 Å². The lowest BCUT2D eigenvalue weighted by atomic mass is 10.0. The van der Waals surface area contributed by atoms with Crippen molar-refractivity contribution in [1.29, 1.82) is 0 Å². The Kier molecular flexibility index (Phi) is 7.98. The van der Waals surface area contributed by atoms with E-state index in [1.165, 1.54) is 42.5 Å². The molecule has 6 nitrogen and oxygen atoms in total. The first kappa shape index (κ1) is 30.2. The van der Waals surface area contributed by atoms with Gasteiger partial charge in [0.1, 0.15) is 29.9 Å². The first-order chi connectivity index (χ1) is 21.6. The average molecular weight is 626 g/mol. The van der Waals surface area contributed by atoms with Crippen LogP contribution in [0.25, 0.3) is 22.3 Å². The lowest BCUT2D eigenvalue weighted by Crippen LogP contribution is -2.16. The summed E-state index contributed by atoms with van der Waals surface area (Å²) in [5.41, 5.74) is -0.261. The molecule has 12 heteroatoms. The summed E-state index contributed by atoms with van der Waals surface area (Å²) in [7, 11) is 0. The lowest BCUT2D eigenvalue weighted by molar-refractivity contribution is 0.0697. The van der Waals surface area contributed by atoms with Crippen LogP contribution in [0.4, 0.5) is 26.3 Å². The van der Waals surface area contributed by atoms with Gasteiger partial charge in [-0.05, 0) is 60.9 Å². The topological polar surface area (TPSA) is 77.2 Å². The number of imidazole rings is 1. The third kappa shape index (κ3) is 6.22. The smallest absolute Gasteiger partial charge is 0.335 e. The Balaban J connectivity index is 1.26. The summed E-state index contributed by atoms with van der Waals surface area (Å²) < 4.78 is 91.8. The monoisotopic (exact) mass is 625 g/mol. The highest BCUT2D eigenvalue weighted by Crippen LogP contribution is 2.48. The maximum absolute atomic E-state index is 15.5. The van der Waals surface area contributed by atoms with Gasteiger partial charge in [0.15, 0.2) is 0 Å². The number of pyridine rings is 1. The number of rotatable bonds is 11. The van der Waals surface area contributed by atoms with Gasteiger partial charge in [0.2, 0.25) is 5.88 Å². The van der Waals surface area contributed by atoms with Crippen molar-refractivity contribution in [3.05, 3.63) is 112 Å². The SMILES string of the molecule is O=C(O)c1ccc2nc(Cc3cc(F)c(-c4cccc(OCc5ccc(C(F)F)cc5F)n4)cc3F)n(CC3(CF)CC3)c2c1. The summed E-state index contributed by atoms with van der Waals surface area (Å²) in [4.78, 5) is 20.3. The Morgan fingerprint density at radius 1 is 0.933 bits per heavy atom. The number of fused-ring (bicyclic) bond motifs is 1. The molecule has 0 unspecified atom stereocenters. The summed E-state index contributed by atoms with van der Waals surface area (Å²) in [6.07, 6.45) is -1.67. The van der Waals surface area contributed by atoms with Gasteiger partial charge in [-0.3, -0.25) is 4.39 Å². The van der Waals surface area contributed by atoms with Gasteiger partial charge in [-0.25, -0.2) is 36.7 Å². The molecule has 1 aliphatic carbocycles. The second kappa shape index (κ2) is 11.9. The normalized spacial score (nSPS) is 13.8. The number of hydrogen-bond donors (Lipinski definition) is 1. The Hall–Kier alpha value is -4.87. The predicted molar refractivity (Wildman–Crippen MR) is 152 cm³/mol. The summed E-state index contributed by atoms with van der Waals surface area (Å²) in [5, 5.41) is 9.46. The molecule has 0 aliphatic heterocycles. The number of hydrogen-bond acceptors (Lipinski definition) is 4. The van der Waals surface area contributed by atoms with Gasteiger partial charge in [-0.2, -0.15) is 0 Å². The van der Waals surface area contributed by atoms with Crippen molar-refractivity contribution in [2.45, 2.75) is 38.8 Å². The van der Waals surface area contributed by atoms with Crippen LogP contribution in [0.5, 0.6) is 5.88 Å². The minimum Gasteiger partial charge on any atom is -0.478 e. The Morgan fingerprint density at radius 3 is 2.40 bits per heavy atom. The quantitative estimate of drug-likeness (QED) is 0.150. The third-order valence-corrected chi connectivity index (χ3v) is 8.00. The molecule has 2 heterocycles. The number of carboxylic acid groups (broad SMARTS) is 1. The van der Waals surface area contributed by atoms with Crippen molar-refractivity contribution in [2.75, 3.05) is 6.67 Å². The van der Waals surface area contributed by atoms with Gasteiger partial charge < -0.3 is 14.4 Å². The summed E-state index contributed by atoms with van der Waals surface area (Å²) in [6, 6.07) is 13.7. The van der Waals surface area contributed by atoms with E-state index in [1.807, 2.05) is 0 Å². The van der Waals surface area contributed by atoms with E-state index in [4.69, 9.17) is 4.74 Å². The number of nitrogens with zero attached hydrogens (tertiary/aromatic N) is 3. The molecule has 1 saturated carbocycles. The van der Waals surface area contributed by atoms with E-state index >= 15 is 8.78 Å². The van der Waals surface area contributed by atoms with Crippen molar-refractivity contribution in [3.8, 4) is 17.1 Å². The van der Waals surface area contributed by atoms with Gasteiger partial charge >= 0.3 is 5.97 Å². The lowest BCUT2D eigenvalue weighted by Gasteiger charge is -2.16. The van der Waals surface area contributed by atoms with E-state index in [1.54, 1.807) is 4.57 Å². The van der Waals surface area contributed by atoms with Crippen molar-refractivity contribution < 1.29 is 41.0 Å². The largest absolute Gasteiger partial charge is 0.478 e. The molecule has 232 valence electrons. The number of aromatic carboxylic acids is 1. The van der Waals surface area contributed by atoms with Gasteiger partial charge in [-0.15, -0.1) is 0 Å². The zero-order valence-corrected chi connectivity index (χ0v) is 23.5. The predicted octanol–water partition coefficient (Wildman–Crippen LogP) is 8.07. The first-order valence-corrected chi connectivity index (χ1v) is 14.0. The molecular weight excluding hydrogens is 600 g/mol. The number of benzene rings is 3. The van der Waals surface area contributed by atoms with Gasteiger partial charge in [0, 0.05) is 41.1 Å². The van der Waals surface area contributed by atoms with E-state index in [2.05, 4.69) is 9.97 Å². The van der Waals surface area contributed by atoms with Crippen LogP contribution in [0.3, 0.4) is 0 Å². The molecular formula is C33H25F6N3O3. The number of carboxylic acids is 1. The van der Waals surface area contributed by atoms with Gasteiger partial charge in [0.05, 0.1) is 29.0 Å². The highest BCUT2D eigenvalue weighted by Gasteiger charge is 2.44. The van der Waals surface area contributed by atoms with Crippen molar-refractivity contribution in [1.82, 2.24) is 14.5 Å². The molecule has 0 bridgehead atoms. The second-order valence-corrected chi connectivity index (χ2v) is 11.2. The van der Waals surface area contributed by atoms with Crippen molar-refractivity contribution in [2.24, 2.45) is 5.41 Å². The van der Waals surface area contributed by atoms with Crippen LogP contribution in [0.15, 0.2) is 66.7 Å². The molecule has 1 N–H and O–H groups in total. The van der Waals surface area contributed by atoms with Crippen LogP contribution in [0, 0.1) is 22.9 Å². The number of aromatic nitrogens is 3. The van der Waals surface area contributed by atoms with Crippen LogP contribution < -0.4 is 4.74 Å². The maximum atomic E-state index is 15.5. The molecule has 2 aromatic heterocycles. The van der Waals surface area contributed by atoms with Crippen molar-refractivity contribution >= 4 is 17.0 Å². The van der Waals surface area contributed by atoms with Crippen LogP contribution in [0.2, 0.25) is 0 Å². The number of ether oxygens (including phenoxy) is 1. The molecule has 5 aromatic rings. The highest BCUT2D eigenvalue weighted by atomic mass is 19.3. The standard InChI is InChI=1S/C33H25F6N3O3/c34-16-33(8-9-33)17-42-28-12-19(32(43)44)6-7-27(28)40-29(42)13-21-11-25(37)22(14-24(21)36)26-2-1-3-30(41-26)45-15-20-5-4-18(31(38)39)10-23(20)35/h1-7,10-12,14,31H,8-9,13,15-17H2,(H,43,44). The summed E-state index contributed by atoms with van der Waals surface area (Å²) >= 11 is 0. The minimum atomic E-state index is -2.82. The van der Waals surface area contributed by atoms with Gasteiger partial charge in [0.25, 0.3) is 6.43 Å². The summed E-state index contributed by atoms with van der Waals surface area (Å²) in [5.74, 6) is -3.24. The Morgan fingerprint density at radius 2 is 1.71 bits per heavy atom. The Labute approximate surface area is 252 Å². The Bertz CT molecular complexity index is 1920. The van der Waals surface area contributed by atoms with E-state index in [9.17, 15) is 27.5 Å². The molecule has 0 saturated heterocycles. The van der Waals surface area contributed by atoms with E-state index in [0.717, 1.165) is 24.3 Å². The van der Waals surface area contributed by atoms with Gasteiger partial charge in [-0.1, -0.05) is 18.2 Å². The highest BCUT2D eigenvalue weighted by molar-refractivity contribution is 5.92. The van der Waals surface area contributed by atoms with Crippen LogP contribution >= 0.6 is 0 Å². The third-order valence-electron chi connectivity index (χ3n) is 8.00. The van der Waals surface area contributed by atoms with Crippen LogP contribution in [-0.4, -0.2) is 32.3 Å². The molecule has 45 heavy (non-hydrogen) atoms. The minimum absolute atomic E-state index is 0.0116. The molecule has 6 rings (SSSR count). The van der Waals surface area contributed by atoms with Crippen LogP contribution in [-0.2, 0) is 19.6 Å². The average Bonchev–Trinajstić information content (AvgIpc) is 3.73. The van der Waals surface area contributed by atoms with E-state index in [0.29, 0.717) is 29.7 Å². The zero-order valence-electron chi connectivity index (χ0n) is 23.5. The molecule has 1 aliphatic rings. The summed E-state index contributed by atoms with van der Waals surface area (Å²) in [6.45, 7) is -0.685. The molecule has 0 amide bonds. The fraction of sp³-hybridized carbons (Fsp3) is 0.242. The molecule has 0 radical (unpaired) electrons. The molecule has 0 atom stereocenters. The fourth-order valence-corrected chi connectivity index (χ4v) is 5.17. The second-order valence-electron chi connectivity index (χ2n) is 11.2. The van der Waals surface area contributed by atoms with E-state index in [-0.39, 0.29) is 53.4 Å². The number of carbonyl (C=O) groups is 1. The molecule has 1 fully saturated rings. The molecule has 3 aromatic carbocycles. The number of halogens is 6. The zero-order chi connectivity index (χ0) is 31.9. The number of alkyl halides is 3. The van der Waals surface area contributed by atoms with Crippen molar-refractivity contribution in [3.63, 3.8) is 0 Å². The first-order valence-electron chi connectivity index (χ1n) is 14.0. The van der Waals surface area contributed by atoms with Crippen LogP contribution in [0.1, 0.15) is 52.1 Å². The maximum Gasteiger partial charge on any atom is 0.335 e. The molecule has 0 spiro atoms.